The zero-order chi connectivity index (χ0) is 15.2. The van der Waals surface area contributed by atoms with Crippen LogP contribution in [-0.2, 0) is 11.2 Å². The fourth-order valence-corrected chi connectivity index (χ4v) is 2.57. The monoisotopic (exact) mass is 303 g/mol. The Labute approximate surface area is 129 Å². The van der Waals surface area contributed by atoms with Gasteiger partial charge in [-0.05, 0) is 18.9 Å². The van der Waals surface area contributed by atoms with Gasteiger partial charge in [-0.25, -0.2) is 4.98 Å². The third kappa shape index (κ3) is 4.37. The zero-order valence-corrected chi connectivity index (χ0v) is 13.2. The summed E-state index contributed by atoms with van der Waals surface area (Å²) in [5.41, 5.74) is 8.81. The minimum atomic E-state index is -0.125. The van der Waals surface area contributed by atoms with E-state index in [4.69, 9.17) is 5.73 Å². The molecule has 1 heterocycles. The number of nitrogens with zero attached hydrogens (tertiary/aromatic N) is 1. The first kappa shape index (κ1) is 15.7. The maximum absolute atomic E-state index is 11.6. The van der Waals surface area contributed by atoms with Crippen molar-refractivity contribution in [3.05, 3.63) is 40.2 Å². The van der Waals surface area contributed by atoms with Gasteiger partial charge < -0.3 is 11.1 Å². The number of nitrogens with one attached hydrogen (secondary N) is 1. The Morgan fingerprint density at radius 1 is 1.38 bits per heavy atom. The van der Waals surface area contributed by atoms with Crippen LogP contribution in [0.25, 0.3) is 11.3 Å². The molecule has 21 heavy (non-hydrogen) atoms. The second-order valence-corrected chi connectivity index (χ2v) is 6.19. The van der Waals surface area contributed by atoms with E-state index in [0.29, 0.717) is 13.1 Å². The molecule has 0 aliphatic heterocycles. The topological polar surface area (TPSA) is 68.0 Å². The first-order valence-corrected chi connectivity index (χ1v) is 7.97. The van der Waals surface area contributed by atoms with Gasteiger partial charge in [-0.3, -0.25) is 4.79 Å². The molecule has 2 aromatic rings. The number of aryl methyl sites for hydroxylation is 1. The van der Waals surface area contributed by atoms with E-state index in [1.54, 1.807) is 11.3 Å². The zero-order valence-electron chi connectivity index (χ0n) is 12.4. The van der Waals surface area contributed by atoms with Crippen molar-refractivity contribution in [3.63, 3.8) is 0 Å². The normalized spacial score (nSPS) is 12.1. The highest BCUT2D eigenvalue weighted by Crippen LogP contribution is 2.21. The fraction of sp³-hybridized carbons (Fsp3) is 0.375. The number of hydrogen-bond donors (Lipinski definition) is 2. The lowest BCUT2D eigenvalue weighted by molar-refractivity contribution is -0.124. The molecule has 4 nitrogen and oxygen atoms in total. The summed E-state index contributed by atoms with van der Waals surface area (Å²) in [6.07, 6.45) is 0.819. The van der Waals surface area contributed by atoms with Crippen LogP contribution in [0, 0.1) is 12.8 Å². The van der Waals surface area contributed by atoms with Gasteiger partial charge in [0.2, 0.25) is 5.91 Å². The lowest BCUT2D eigenvalue weighted by Gasteiger charge is -2.09. The van der Waals surface area contributed by atoms with Crippen molar-refractivity contribution < 1.29 is 4.79 Å². The summed E-state index contributed by atoms with van der Waals surface area (Å²) in [6, 6.07) is 8.33. The summed E-state index contributed by atoms with van der Waals surface area (Å²) >= 11 is 1.66. The Morgan fingerprint density at radius 2 is 2.10 bits per heavy atom. The van der Waals surface area contributed by atoms with Crippen LogP contribution in [0.1, 0.15) is 17.5 Å². The van der Waals surface area contributed by atoms with E-state index in [2.05, 4.69) is 39.9 Å². The molecule has 0 radical (unpaired) electrons. The number of aromatic nitrogens is 1. The summed E-state index contributed by atoms with van der Waals surface area (Å²) in [5, 5.41) is 6.04. The van der Waals surface area contributed by atoms with Crippen LogP contribution < -0.4 is 11.1 Å². The van der Waals surface area contributed by atoms with E-state index in [1.165, 1.54) is 5.56 Å². The standard InChI is InChI=1S/C16H21N3OS/c1-11(9-17)16(20)18-8-7-13-3-5-14(6-4-13)15-10-21-12(2)19-15/h3-6,10-11H,7-9,17H2,1-2H3,(H,18,20). The first-order chi connectivity index (χ1) is 10.1. The third-order valence-corrected chi connectivity index (χ3v) is 4.16. The summed E-state index contributed by atoms with van der Waals surface area (Å²) < 4.78 is 0. The molecule has 1 aromatic carbocycles. The Hall–Kier alpha value is -1.72. The molecule has 1 amide bonds. The molecule has 112 valence electrons. The second kappa shape index (κ2) is 7.33. The number of carbonyl (C=O) groups excluding carboxylic acids is 1. The molecule has 5 heteroatoms. The van der Waals surface area contributed by atoms with E-state index in [-0.39, 0.29) is 11.8 Å². The Morgan fingerprint density at radius 3 is 2.67 bits per heavy atom. The quantitative estimate of drug-likeness (QED) is 0.861. The lowest BCUT2D eigenvalue weighted by Crippen LogP contribution is -2.34. The highest BCUT2D eigenvalue weighted by molar-refractivity contribution is 7.09. The molecule has 2 rings (SSSR count). The molecular formula is C16H21N3OS. The molecule has 0 saturated heterocycles. The lowest BCUT2D eigenvalue weighted by atomic mass is 10.1. The minimum Gasteiger partial charge on any atom is -0.355 e. The van der Waals surface area contributed by atoms with E-state index in [0.717, 1.165) is 22.7 Å². The predicted octanol–water partition coefficient (Wildman–Crippen LogP) is 2.37. The number of rotatable bonds is 6. The van der Waals surface area contributed by atoms with Gasteiger partial charge >= 0.3 is 0 Å². The van der Waals surface area contributed by atoms with Gasteiger partial charge in [-0.1, -0.05) is 31.2 Å². The molecule has 3 N–H and O–H groups in total. The van der Waals surface area contributed by atoms with Gasteiger partial charge in [0.1, 0.15) is 0 Å². The van der Waals surface area contributed by atoms with Gasteiger partial charge in [0.05, 0.1) is 10.7 Å². The molecule has 0 aliphatic rings. The molecule has 1 unspecified atom stereocenters. The molecule has 1 atom stereocenters. The van der Waals surface area contributed by atoms with Gasteiger partial charge in [-0.2, -0.15) is 0 Å². The average Bonchev–Trinajstić information content (AvgIpc) is 2.93. The summed E-state index contributed by atoms with van der Waals surface area (Å²) in [7, 11) is 0. The van der Waals surface area contributed by atoms with E-state index < -0.39 is 0 Å². The Balaban J connectivity index is 1.87. The third-order valence-electron chi connectivity index (χ3n) is 3.38. The maximum atomic E-state index is 11.6. The van der Waals surface area contributed by atoms with Gasteiger partial charge in [-0.15, -0.1) is 11.3 Å². The molecule has 0 spiro atoms. The van der Waals surface area contributed by atoms with Crippen LogP contribution in [0.15, 0.2) is 29.6 Å². The number of thiazole rings is 1. The van der Waals surface area contributed by atoms with Crippen LogP contribution in [0.5, 0.6) is 0 Å². The van der Waals surface area contributed by atoms with Gasteiger partial charge in [0.25, 0.3) is 0 Å². The van der Waals surface area contributed by atoms with Crippen LogP contribution in [-0.4, -0.2) is 24.0 Å². The summed E-state index contributed by atoms with van der Waals surface area (Å²) in [4.78, 5) is 16.1. The van der Waals surface area contributed by atoms with E-state index >= 15 is 0 Å². The van der Waals surface area contributed by atoms with E-state index in [9.17, 15) is 4.79 Å². The number of nitrogens with two attached hydrogens (primary N) is 1. The summed E-state index contributed by atoms with van der Waals surface area (Å²) in [6.45, 7) is 4.86. The highest BCUT2D eigenvalue weighted by atomic mass is 32.1. The maximum Gasteiger partial charge on any atom is 0.224 e. The van der Waals surface area contributed by atoms with Crippen LogP contribution in [0.4, 0.5) is 0 Å². The molecule has 0 bridgehead atoms. The van der Waals surface area contributed by atoms with Crippen molar-refractivity contribution in [2.75, 3.05) is 13.1 Å². The number of hydrogen-bond acceptors (Lipinski definition) is 4. The fourth-order valence-electron chi connectivity index (χ4n) is 1.95. The largest absolute Gasteiger partial charge is 0.355 e. The predicted molar refractivity (Wildman–Crippen MR) is 87.2 cm³/mol. The van der Waals surface area contributed by atoms with Crippen molar-refractivity contribution in [2.24, 2.45) is 11.7 Å². The van der Waals surface area contributed by atoms with Crippen LogP contribution >= 0.6 is 11.3 Å². The highest BCUT2D eigenvalue weighted by Gasteiger charge is 2.09. The van der Waals surface area contributed by atoms with Gasteiger partial charge in [0.15, 0.2) is 0 Å². The van der Waals surface area contributed by atoms with Crippen LogP contribution in [0.3, 0.4) is 0 Å². The number of carbonyl (C=O) groups is 1. The molecule has 0 saturated carbocycles. The van der Waals surface area contributed by atoms with Gasteiger partial charge in [0, 0.05) is 30.0 Å². The van der Waals surface area contributed by atoms with E-state index in [1.807, 2.05) is 13.8 Å². The van der Waals surface area contributed by atoms with Crippen molar-refractivity contribution in [2.45, 2.75) is 20.3 Å². The van der Waals surface area contributed by atoms with Crippen molar-refractivity contribution in [1.82, 2.24) is 10.3 Å². The Bertz CT molecular complexity index is 592. The minimum absolute atomic E-state index is 0.0204. The second-order valence-electron chi connectivity index (χ2n) is 5.13. The van der Waals surface area contributed by atoms with Crippen LogP contribution in [0.2, 0.25) is 0 Å². The molecular weight excluding hydrogens is 282 g/mol. The summed E-state index contributed by atoms with van der Waals surface area (Å²) in [5.74, 6) is -0.104. The van der Waals surface area contributed by atoms with Crippen molar-refractivity contribution in [3.8, 4) is 11.3 Å². The smallest absolute Gasteiger partial charge is 0.224 e. The molecule has 0 fully saturated rings. The first-order valence-electron chi connectivity index (χ1n) is 7.09. The number of benzene rings is 1. The molecule has 1 aromatic heterocycles. The molecule has 0 aliphatic carbocycles. The average molecular weight is 303 g/mol. The van der Waals surface area contributed by atoms with Crippen molar-refractivity contribution >= 4 is 17.2 Å². The van der Waals surface area contributed by atoms with Crippen molar-refractivity contribution in [1.29, 1.82) is 0 Å². The SMILES string of the molecule is Cc1nc(-c2ccc(CCNC(=O)C(C)CN)cc2)cs1. The Kier molecular flexibility index (Phi) is 5.47. The number of amides is 1.